The lowest BCUT2D eigenvalue weighted by Crippen LogP contribution is -2.40. The minimum Gasteiger partial charge on any atom is -0.264 e. The molecule has 1 atom stereocenters. The number of rotatable bonds is 7. The minimum atomic E-state index is -3.38. The zero-order valence-corrected chi connectivity index (χ0v) is 12.8. The monoisotopic (exact) mass is 297 g/mol. The van der Waals surface area contributed by atoms with Crippen molar-refractivity contribution in [1.29, 1.82) is 0 Å². The Morgan fingerprint density at radius 3 is 2.75 bits per heavy atom. The van der Waals surface area contributed by atoms with Crippen molar-refractivity contribution in [3.63, 3.8) is 0 Å². The molecule has 1 saturated heterocycles. The van der Waals surface area contributed by atoms with Crippen molar-refractivity contribution in [3.8, 4) is 0 Å². The van der Waals surface area contributed by atoms with E-state index in [0.29, 0.717) is 13.1 Å². The van der Waals surface area contributed by atoms with Gasteiger partial charge < -0.3 is 0 Å². The lowest BCUT2D eigenvalue weighted by atomic mass is 10.0. The van der Waals surface area contributed by atoms with E-state index >= 15 is 0 Å². The van der Waals surface area contributed by atoms with Crippen molar-refractivity contribution in [2.45, 2.75) is 45.1 Å². The lowest BCUT2D eigenvalue weighted by molar-refractivity contribution is 0.444. The Hall–Kier alpha value is -0.980. The van der Waals surface area contributed by atoms with E-state index in [9.17, 15) is 8.42 Å². The Morgan fingerprint density at radius 2 is 2.15 bits per heavy atom. The van der Waals surface area contributed by atoms with E-state index < -0.39 is 10.2 Å². The van der Waals surface area contributed by atoms with Crippen LogP contribution in [-0.4, -0.2) is 30.8 Å². The molecule has 0 aromatic carbocycles. The molecule has 0 amide bonds. The van der Waals surface area contributed by atoms with Gasteiger partial charge in [-0.3, -0.25) is 4.98 Å². The first-order valence-corrected chi connectivity index (χ1v) is 8.75. The topological polar surface area (TPSA) is 62.3 Å². The molecule has 1 fully saturated rings. The maximum atomic E-state index is 12.4. The van der Waals surface area contributed by atoms with Crippen LogP contribution in [0.5, 0.6) is 0 Å². The van der Waals surface area contributed by atoms with Gasteiger partial charge in [0.15, 0.2) is 0 Å². The van der Waals surface area contributed by atoms with E-state index in [0.717, 1.165) is 37.7 Å². The quantitative estimate of drug-likeness (QED) is 0.839. The molecule has 6 heteroatoms. The molecule has 1 aliphatic rings. The van der Waals surface area contributed by atoms with E-state index in [1.54, 1.807) is 16.7 Å². The van der Waals surface area contributed by atoms with Crippen molar-refractivity contribution >= 4 is 10.2 Å². The van der Waals surface area contributed by atoms with E-state index in [-0.39, 0.29) is 6.04 Å². The number of pyridine rings is 1. The smallest absolute Gasteiger partial charge is 0.264 e. The minimum absolute atomic E-state index is 0.186. The molecule has 1 N–H and O–H groups in total. The van der Waals surface area contributed by atoms with Crippen molar-refractivity contribution in [2.75, 3.05) is 13.1 Å². The fraction of sp³-hybridized carbons (Fsp3) is 0.643. The Balaban J connectivity index is 2.11. The largest absolute Gasteiger partial charge is 0.280 e. The summed E-state index contributed by atoms with van der Waals surface area (Å²) in [5.41, 5.74) is 0.934. The molecule has 1 aromatic heterocycles. The zero-order chi connectivity index (χ0) is 14.4. The molecule has 112 valence electrons. The van der Waals surface area contributed by atoms with Crippen LogP contribution in [0.15, 0.2) is 24.5 Å². The molecule has 0 aliphatic carbocycles. The Labute approximate surface area is 121 Å². The molecular formula is C14H23N3O2S. The van der Waals surface area contributed by atoms with Gasteiger partial charge >= 0.3 is 0 Å². The summed E-state index contributed by atoms with van der Waals surface area (Å²) in [6, 6.07) is 3.59. The van der Waals surface area contributed by atoms with E-state index in [2.05, 4.69) is 16.6 Å². The molecule has 0 radical (unpaired) electrons. The Morgan fingerprint density at radius 1 is 1.40 bits per heavy atom. The van der Waals surface area contributed by atoms with Crippen molar-refractivity contribution in [2.24, 2.45) is 0 Å². The first kappa shape index (κ1) is 15.4. The van der Waals surface area contributed by atoms with Gasteiger partial charge in [0.25, 0.3) is 10.2 Å². The van der Waals surface area contributed by atoms with Crippen LogP contribution >= 0.6 is 0 Å². The third kappa shape index (κ3) is 4.01. The molecule has 0 unspecified atom stereocenters. The summed E-state index contributed by atoms with van der Waals surface area (Å²) < 4.78 is 29.1. The molecule has 5 nitrogen and oxygen atoms in total. The first-order valence-electron chi connectivity index (χ1n) is 7.31. The standard InChI is InChI=1S/C14H23N3O2S/c1-2-3-8-14(13-7-6-9-15-12-13)16-20(18,19)17-10-4-5-11-17/h6-7,9,12,14,16H,2-5,8,10-11H2,1H3/t14-/m1/s1. The van der Waals surface area contributed by atoms with E-state index in [4.69, 9.17) is 0 Å². The lowest BCUT2D eigenvalue weighted by Gasteiger charge is -2.23. The molecule has 0 bridgehead atoms. The maximum Gasteiger partial charge on any atom is 0.280 e. The van der Waals surface area contributed by atoms with Crippen LogP contribution in [0.1, 0.15) is 50.6 Å². The summed E-state index contributed by atoms with van der Waals surface area (Å²) in [6.45, 7) is 3.36. The second-order valence-electron chi connectivity index (χ2n) is 5.21. The molecule has 2 heterocycles. The van der Waals surface area contributed by atoms with Gasteiger partial charge in [0, 0.05) is 31.5 Å². The summed E-state index contributed by atoms with van der Waals surface area (Å²) >= 11 is 0. The van der Waals surface area contributed by atoms with Gasteiger partial charge in [-0.2, -0.15) is 17.4 Å². The fourth-order valence-corrected chi connectivity index (χ4v) is 3.97. The van der Waals surface area contributed by atoms with Gasteiger partial charge in [-0.05, 0) is 30.9 Å². The van der Waals surface area contributed by atoms with E-state index in [1.165, 1.54) is 0 Å². The van der Waals surface area contributed by atoms with Gasteiger partial charge in [-0.25, -0.2) is 0 Å². The normalized spacial score (nSPS) is 18.2. The van der Waals surface area contributed by atoms with Crippen molar-refractivity contribution < 1.29 is 8.42 Å². The van der Waals surface area contributed by atoms with Crippen LogP contribution in [0.2, 0.25) is 0 Å². The first-order chi connectivity index (χ1) is 9.63. The molecule has 1 aliphatic heterocycles. The fourth-order valence-electron chi connectivity index (χ4n) is 2.47. The van der Waals surface area contributed by atoms with Gasteiger partial charge in [0.1, 0.15) is 0 Å². The zero-order valence-electron chi connectivity index (χ0n) is 12.0. The average Bonchev–Trinajstić information content (AvgIpc) is 2.99. The van der Waals surface area contributed by atoms with Gasteiger partial charge in [0.05, 0.1) is 0 Å². The SMILES string of the molecule is CCCC[C@@H](NS(=O)(=O)N1CCCC1)c1cccnc1. The highest BCUT2D eigenvalue weighted by molar-refractivity contribution is 7.87. The van der Waals surface area contributed by atoms with Gasteiger partial charge in [0.2, 0.25) is 0 Å². The molecule has 0 spiro atoms. The van der Waals surface area contributed by atoms with Crippen LogP contribution in [0.25, 0.3) is 0 Å². The Kier molecular flexibility index (Phi) is 5.51. The molecular weight excluding hydrogens is 274 g/mol. The molecule has 1 aromatic rings. The highest BCUT2D eigenvalue weighted by Crippen LogP contribution is 2.21. The highest BCUT2D eigenvalue weighted by Gasteiger charge is 2.28. The predicted octanol–water partition coefficient (Wildman–Crippen LogP) is 2.24. The summed E-state index contributed by atoms with van der Waals surface area (Å²) in [5.74, 6) is 0. The number of hydrogen-bond donors (Lipinski definition) is 1. The second-order valence-corrected chi connectivity index (χ2v) is 6.91. The average molecular weight is 297 g/mol. The third-order valence-electron chi connectivity index (χ3n) is 3.63. The van der Waals surface area contributed by atoms with Crippen molar-refractivity contribution in [3.05, 3.63) is 30.1 Å². The number of hydrogen-bond acceptors (Lipinski definition) is 3. The van der Waals surface area contributed by atoms with Crippen molar-refractivity contribution in [1.82, 2.24) is 14.0 Å². The molecule has 0 saturated carbocycles. The molecule has 2 rings (SSSR count). The summed E-state index contributed by atoms with van der Waals surface area (Å²) in [6.07, 6.45) is 8.18. The summed E-state index contributed by atoms with van der Waals surface area (Å²) in [5, 5.41) is 0. The van der Waals surface area contributed by atoms with Crippen LogP contribution < -0.4 is 4.72 Å². The van der Waals surface area contributed by atoms with Gasteiger partial charge in [-0.1, -0.05) is 25.8 Å². The number of unbranched alkanes of at least 4 members (excludes halogenated alkanes) is 1. The van der Waals surface area contributed by atoms with Gasteiger partial charge in [-0.15, -0.1) is 0 Å². The summed E-state index contributed by atoms with van der Waals surface area (Å²) in [4.78, 5) is 4.09. The third-order valence-corrected chi connectivity index (χ3v) is 5.26. The van der Waals surface area contributed by atoms with E-state index in [1.807, 2.05) is 12.1 Å². The number of aromatic nitrogens is 1. The van der Waals surface area contributed by atoms with Crippen LogP contribution in [-0.2, 0) is 10.2 Å². The van der Waals surface area contributed by atoms with Crippen LogP contribution in [0.3, 0.4) is 0 Å². The highest BCUT2D eigenvalue weighted by atomic mass is 32.2. The number of nitrogens with zero attached hydrogens (tertiary/aromatic N) is 2. The summed E-state index contributed by atoms with van der Waals surface area (Å²) in [7, 11) is -3.38. The predicted molar refractivity (Wildman–Crippen MR) is 79.4 cm³/mol. The maximum absolute atomic E-state index is 12.4. The second kappa shape index (κ2) is 7.15. The van der Waals surface area contributed by atoms with Crippen LogP contribution in [0.4, 0.5) is 0 Å². The Bertz CT molecular complexity index is 498. The number of nitrogens with one attached hydrogen (secondary N) is 1. The van der Waals surface area contributed by atoms with Crippen LogP contribution in [0, 0.1) is 0 Å². The molecule has 20 heavy (non-hydrogen) atoms.